The summed E-state index contributed by atoms with van der Waals surface area (Å²) >= 11 is 0. The van der Waals surface area contributed by atoms with Crippen molar-refractivity contribution in [1.82, 2.24) is 0 Å². The number of hydrogen-bond donors (Lipinski definition) is 1. The maximum atomic E-state index is 10.0. The summed E-state index contributed by atoms with van der Waals surface area (Å²) in [6.07, 6.45) is 11.0. The third-order valence-electron chi connectivity index (χ3n) is 4.48. The Morgan fingerprint density at radius 3 is 2.85 bits per heavy atom. The van der Waals surface area contributed by atoms with E-state index in [0.717, 1.165) is 30.6 Å². The molecular formula is C12H18O. The molecule has 1 N–H and O–H groups in total. The molecule has 72 valence electrons. The molecule has 0 aromatic rings. The summed E-state index contributed by atoms with van der Waals surface area (Å²) in [5.74, 6) is 3.13. The zero-order valence-electron chi connectivity index (χ0n) is 8.02. The average molecular weight is 178 g/mol. The van der Waals surface area contributed by atoms with Crippen LogP contribution in [-0.4, -0.2) is 11.2 Å². The summed E-state index contributed by atoms with van der Waals surface area (Å²) in [5.41, 5.74) is 0. The summed E-state index contributed by atoms with van der Waals surface area (Å²) in [6.45, 7) is 0. The zero-order valence-corrected chi connectivity index (χ0v) is 8.02. The van der Waals surface area contributed by atoms with Crippen LogP contribution in [0, 0.1) is 23.7 Å². The Kier molecular flexibility index (Phi) is 1.76. The molecule has 0 saturated heterocycles. The molecule has 0 aliphatic heterocycles. The highest BCUT2D eigenvalue weighted by atomic mass is 16.3. The molecule has 2 saturated carbocycles. The molecule has 3 aliphatic carbocycles. The molecule has 2 fully saturated rings. The van der Waals surface area contributed by atoms with Crippen LogP contribution in [-0.2, 0) is 0 Å². The van der Waals surface area contributed by atoms with Gasteiger partial charge in [-0.25, -0.2) is 0 Å². The van der Waals surface area contributed by atoms with Gasteiger partial charge in [-0.05, 0) is 55.8 Å². The quantitative estimate of drug-likeness (QED) is 0.565. The minimum Gasteiger partial charge on any atom is -0.393 e. The minimum atomic E-state index is -0.00435. The highest BCUT2D eigenvalue weighted by Crippen LogP contribution is 2.55. The molecule has 0 heterocycles. The number of aliphatic hydroxyl groups is 1. The van der Waals surface area contributed by atoms with Crippen LogP contribution in [0.3, 0.4) is 0 Å². The van der Waals surface area contributed by atoms with E-state index in [1.807, 2.05) is 0 Å². The van der Waals surface area contributed by atoms with Gasteiger partial charge in [0.2, 0.25) is 0 Å². The Bertz CT molecular complexity index is 233. The van der Waals surface area contributed by atoms with Gasteiger partial charge >= 0.3 is 0 Å². The lowest BCUT2D eigenvalue weighted by molar-refractivity contribution is 0.0515. The van der Waals surface area contributed by atoms with Crippen molar-refractivity contribution in [1.29, 1.82) is 0 Å². The molecule has 1 heteroatoms. The van der Waals surface area contributed by atoms with Gasteiger partial charge in [-0.15, -0.1) is 0 Å². The number of allylic oxidation sites excluding steroid dienone is 2. The van der Waals surface area contributed by atoms with Gasteiger partial charge in [0.05, 0.1) is 6.10 Å². The molecule has 0 aromatic carbocycles. The van der Waals surface area contributed by atoms with E-state index in [-0.39, 0.29) is 6.10 Å². The number of fused-ring (bicyclic) bond motifs is 5. The predicted octanol–water partition coefficient (Wildman–Crippen LogP) is 2.36. The van der Waals surface area contributed by atoms with Crippen LogP contribution >= 0.6 is 0 Å². The highest BCUT2D eigenvalue weighted by molar-refractivity contribution is 5.09. The summed E-state index contributed by atoms with van der Waals surface area (Å²) < 4.78 is 0. The third kappa shape index (κ3) is 1.10. The van der Waals surface area contributed by atoms with E-state index in [2.05, 4.69) is 12.2 Å². The second kappa shape index (κ2) is 2.84. The van der Waals surface area contributed by atoms with Gasteiger partial charge in [-0.2, -0.15) is 0 Å². The van der Waals surface area contributed by atoms with Crippen molar-refractivity contribution in [2.75, 3.05) is 0 Å². The topological polar surface area (TPSA) is 20.2 Å². The Morgan fingerprint density at radius 1 is 1.08 bits per heavy atom. The monoisotopic (exact) mass is 178 g/mol. The smallest absolute Gasteiger partial charge is 0.0579 e. The van der Waals surface area contributed by atoms with E-state index < -0.39 is 0 Å². The Morgan fingerprint density at radius 2 is 1.92 bits per heavy atom. The molecule has 1 nitrogen and oxygen atoms in total. The summed E-state index contributed by atoms with van der Waals surface area (Å²) in [4.78, 5) is 0. The normalized spacial score (nSPS) is 53.5. The summed E-state index contributed by atoms with van der Waals surface area (Å²) in [5, 5.41) is 10.0. The molecule has 0 aromatic heterocycles. The second-order valence-corrected chi connectivity index (χ2v) is 5.06. The molecule has 0 amide bonds. The van der Waals surface area contributed by atoms with Crippen molar-refractivity contribution < 1.29 is 5.11 Å². The first-order valence-electron chi connectivity index (χ1n) is 5.71. The fraction of sp³-hybridized carbons (Fsp3) is 0.833. The lowest BCUT2D eigenvalue weighted by atomic mass is 9.76. The van der Waals surface area contributed by atoms with Crippen molar-refractivity contribution in [2.24, 2.45) is 23.7 Å². The van der Waals surface area contributed by atoms with E-state index in [1.54, 1.807) is 0 Å². The molecular weight excluding hydrogens is 160 g/mol. The van der Waals surface area contributed by atoms with E-state index in [9.17, 15) is 5.11 Å². The number of rotatable bonds is 0. The Hall–Kier alpha value is -0.300. The maximum Gasteiger partial charge on any atom is 0.0579 e. The van der Waals surface area contributed by atoms with E-state index in [0.29, 0.717) is 5.92 Å². The lowest BCUT2D eigenvalue weighted by Crippen LogP contribution is -2.30. The van der Waals surface area contributed by atoms with Crippen LogP contribution in [0.15, 0.2) is 12.2 Å². The molecule has 0 unspecified atom stereocenters. The summed E-state index contributed by atoms with van der Waals surface area (Å²) in [6, 6.07) is 0. The van der Waals surface area contributed by atoms with Crippen molar-refractivity contribution in [3.63, 3.8) is 0 Å². The molecule has 2 bridgehead atoms. The van der Waals surface area contributed by atoms with Gasteiger partial charge in [-0.1, -0.05) is 12.2 Å². The molecule has 3 aliphatic rings. The van der Waals surface area contributed by atoms with Crippen molar-refractivity contribution in [3.8, 4) is 0 Å². The van der Waals surface area contributed by atoms with Crippen molar-refractivity contribution >= 4 is 0 Å². The Labute approximate surface area is 79.8 Å². The standard InChI is InChI=1S/C12H18O/c13-11-4-2-1-3-10-8-5-6-9(7-8)12(10)11/h1,3,8-13H,2,4-7H2/t8-,9+,10-,11+,12-/m1/s1. The fourth-order valence-corrected chi connectivity index (χ4v) is 3.95. The molecule has 3 rings (SSSR count). The number of aliphatic hydroxyl groups excluding tert-OH is 1. The first-order valence-corrected chi connectivity index (χ1v) is 5.71. The molecule has 5 atom stereocenters. The predicted molar refractivity (Wildman–Crippen MR) is 52.2 cm³/mol. The SMILES string of the molecule is O[C@H]1CCC=C[C@@H]2[C@@H]3CC[C@@H](C3)[C@H]21. The van der Waals surface area contributed by atoms with Gasteiger partial charge in [0.25, 0.3) is 0 Å². The van der Waals surface area contributed by atoms with Gasteiger partial charge in [0.1, 0.15) is 0 Å². The van der Waals surface area contributed by atoms with E-state index in [4.69, 9.17) is 0 Å². The highest BCUT2D eigenvalue weighted by Gasteiger charge is 2.49. The lowest BCUT2D eigenvalue weighted by Gasteiger charge is -2.31. The van der Waals surface area contributed by atoms with Crippen LogP contribution in [0.5, 0.6) is 0 Å². The minimum absolute atomic E-state index is 0.00435. The van der Waals surface area contributed by atoms with Crippen LogP contribution in [0.1, 0.15) is 32.1 Å². The average Bonchev–Trinajstić information content (AvgIpc) is 2.66. The van der Waals surface area contributed by atoms with Crippen molar-refractivity contribution in [2.45, 2.75) is 38.2 Å². The van der Waals surface area contributed by atoms with E-state index >= 15 is 0 Å². The maximum absolute atomic E-state index is 10.0. The fourth-order valence-electron chi connectivity index (χ4n) is 3.95. The van der Waals surface area contributed by atoms with Gasteiger partial charge in [0.15, 0.2) is 0 Å². The van der Waals surface area contributed by atoms with E-state index in [1.165, 1.54) is 19.3 Å². The molecule has 13 heavy (non-hydrogen) atoms. The first kappa shape index (κ1) is 8.05. The largest absolute Gasteiger partial charge is 0.393 e. The molecule has 0 spiro atoms. The summed E-state index contributed by atoms with van der Waals surface area (Å²) in [7, 11) is 0. The van der Waals surface area contributed by atoms with Gasteiger partial charge < -0.3 is 5.11 Å². The van der Waals surface area contributed by atoms with Gasteiger partial charge in [0, 0.05) is 0 Å². The number of hydrogen-bond acceptors (Lipinski definition) is 1. The van der Waals surface area contributed by atoms with Crippen molar-refractivity contribution in [3.05, 3.63) is 12.2 Å². The van der Waals surface area contributed by atoms with Crippen LogP contribution in [0.25, 0.3) is 0 Å². The van der Waals surface area contributed by atoms with Gasteiger partial charge in [-0.3, -0.25) is 0 Å². The van der Waals surface area contributed by atoms with Crippen LogP contribution < -0.4 is 0 Å². The first-order chi connectivity index (χ1) is 6.36. The molecule has 0 radical (unpaired) electrons. The second-order valence-electron chi connectivity index (χ2n) is 5.06. The Balaban J connectivity index is 1.91. The third-order valence-corrected chi connectivity index (χ3v) is 4.48. The zero-order chi connectivity index (χ0) is 8.84. The van der Waals surface area contributed by atoms with Crippen LogP contribution in [0.2, 0.25) is 0 Å². The van der Waals surface area contributed by atoms with Crippen LogP contribution in [0.4, 0.5) is 0 Å².